The van der Waals surface area contributed by atoms with Crippen LogP contribution < -0.4 is 10.2 Å². The third-order valence-electron chi connectivity index (χ3n) is 5.85. The number of carbonyl (C=O) groups excluding carboxylic acids is 1. The highest BCUT2D eigenvalue weighted by Gasteiger charge is 2.22. The molecule has 1 saturated heterocycles. The number of anilines is 2. The lowest BCUT2D eigenvalue weighted by atomic mass is 10.2. The minimum absolute atomic E-state index is 0.168. The first-order chi connectivity index (χ1) is 15.5. The van der Waals surface area contributed by atoms with Crippen molar-refractivity contribution in [1.29, 1.82) is 0 Å². The zero-order valence-corrected chi connectivity index (χ0v) is 18.4. The third kappa shape index (κ3) is 3.84. The lowest BCUT2D eigenvalue weighted by molar-refractivity contribution is 0.215. The van der Waals surface area contributed by atoms with Crippen LogP contribution in [0.25, 0.3) is 16.6 Å². The van der Waals surface area contributed by atoms with Crippen LogP contribution in [0.4, 0.5) is 20.7 Å². The number of halogens is 2. The minimum Gasteiger partial charge on any atom is -0.353 e. The van der Waals surface area contributed by atoms with Crippen molar-refractivity contribution >= 4 is 45.7 Å². The molecule has 1 fully saturated rings. The van der Waals surface area contributed by atoms with Gasteiger partial charge in [0, 0.05) is 38.4 Å². The lowest BCUT2D eigenvalue weighted by Gasteiger charge is -2.24. The van der Waals surface area contributed by atoms with Gasteiger partial charge in [-0.2, -0.15) is 0 Å². The molecule has 0 saturated carbocycles. The SMILES string of the molecule is Cc1ccc(NC(=O)N2CCCN(c3nc4cc(F)ccc4n4cccc34)CC2)c(Cl)c1. The number of nitrogens with one attached hydrogen (secondary N) is 1. The number of benzene rings is 2. The van der Waals surface area contributed by atoms with E-state index >= 15 is 0 Å². The largest absolute Gasteiger partial charge is 0.353 e. The second-order valence-corrected chi connectivity index (χ2v) is 8.48. The van der Waals surface area contributed by atoms with E-state index in [0.29, 0.717) is 35.9 Å². The van der Waals surface area contributed by atoms with Crippen molar-refractivity contribution in [2.45, 2.75) is 13.3 Å². The Labute approximate surface area is 190 Å². The Hall–Kier alpha value is -3.32. The van der Waals surface area contributed by atoms with Gasteiger partial charge in [0.25, 0.3) is 0 Å². The van der Waals surface area contributed by atoms with Crippen LogP contribution in [0.15, 0.2) is 54.7 Å². The number of carbonyl (C=O) groups is 1. The fraction of sp³-hybridized carbons (Fsp3) is 0.250. The molecule has 2 aromatic heterocycles. The van der Waals surface area contributed by atoms with Crippen LogP contribution in [0.2, 0.25) is 5.02 Å². The molecule has 0 radical (unpaired) electrons. The van der Waals surface area contributed by atoms with Crippen molar-refractivity contribution < 1.29 is 9.18 Å². The van der Waals surface area contributed by atoms with Gasteiger partial charge in [-0.1, -0.05) is 17.7 Å². The number of nitrogens with zero attached hydrogens (tertiary/aromatic N) is 4. The normalized spacial score (nSPS) is 14.7. The van der Waals surface area contributed by atoms with Crippen LogP contribution in [0.3, 0.4) is 0 Å². The summed E-state index contributed by atoms with van der Waals surface area (Å²) in [6.07, 6.45) is 2.76. The van der Waals surface area contributed by atoms with Gasteiger partial charge in [-0.25, -0.2) is 14.2 Å². The molecule has 6 nitrogen and oxygen atoms in total. The molecular weight excluding hydrogens is 429 g/mol. The quantitative estimate of drug-likeness (QED) is 0.448. The second kappa shape index (κ2) is 8.31. The van der Waals surface area contributed by atoms with E-state index in [2.05, 4.69) is 10.2 Å². The number of hydrogen-bond acceptors (Lipinski definition) is 3. The Morgan fingerprint density at radius 2 is 1.94 bits per heavy atom. The number of urea groups is 1. The average Bonchev–Trinajstić information content (AvgIpc) is 3.12. The molecular formula is C24H23ClFN5O. The average molecular weight is 452 g/mol. The van der Waals surface area contributed by atoms with Crippen molar-refractivity contribution in [2.24, 2.45) is 0 Å². The van der Waals surface area contributed by atoms with E-state index in [1.54, 1.807) is 11.0 Å². The summed E-state index contributed by atoms with van der Waals surface area (Å²) in [4.78, 5) is 21.6. The predicted molar refractivity (Wildman–Crippen MR) is 126 cm³/mol. The summed E-state index contributed by atoms with van der Waals surface area (Å²) in [5.41, 5.74) is 4.08. The van der Waals surface area contributed by atoms with Crippen molar-refractivity contribution in [3.63, 3.8) is 0 Å². The second-order valence-electron chi connectivity index (χ2n) is 8.07. The Morgan fingerprint density at radius 1 is 1.06 bits per heavy atom. The number of hydrogen-bond donors (Lipinski definition) is 1. The van der Waals surface area contributed by atoms with Crippen LogP contribution in [-0.2, 0) is 0 Å². The summed E-state index contributed by atoms with van der Waals surface area (Å²) in [5, 5.41) is 3.45. The van der Waals surface area contributed by atoms with E-state index in [0.717, 1.165) is 35.4 Å². The van der Waals surface area contributed by atoms with Crippen molar-refractivity contribution in [3.05, 3.63) is 71.1 Å². The molecule has 0 atom stereocenters. The maximum absolute atomic E-state index is 13.8. The molecule has 2 aromatic carbocycles. The molecule has 1 aliphatic rings. The predicted octanol–water partition coefficient (Wildman–Crippen LogP) is 5.33. The lowest BCUT2D eigenvalue weighted by Crippen LogP contribution is -2.38. The molecule has 3 heterocycles. The molecule has 0 bridgehead atoms. The Bertz CT molecular complexity index is 1320. The van der Waals surface area contributed by atoms with Crippen LogP contribution in [-0.4, -0.2) is 46.5 Å². The first-order valence-electron chi connectivity index (χ1n) is 10.6. The van der Waals surface area contributed by atoms with Crippen molar-refractivity contribution in [1.82, 2.24) is 14.3 Å². The maximum atomic E-state index is 13.8. The minimum atomic E-state index is -0.309. The van der Waals surface area contributed by atoms with Crippen molar-refractivity contribution in [2.75, 3.05) is 36.4 Å². The topological polar surface area (TPSA) is 52.9 Å². The van der Waals surface area contributed by atoms with E-state index in [9.17, 15) is 9.18 Å². The van der Waals surface area contributed by atoms with E-state index in [4.69, 9.17) is 16.6 Å². The molecule has 0 spiro atoms. The van der Waals surface area contributed by atoms with Crippen molar-refractivity contribution in [3.8, 4) is 0 Å². The summed E-state index contributed by atoms with van der Waals surface area (Å²) in [6.45, 7) is 4.52. The van der Waals surface area contributed by atoms with Gasteiger partial charge in [0.2, 0.25) is 0 Å². The number of aryl methyl sites for hydroxylation is 1. The van der Waals surface area contributed by atoms with E-state index in [-0.39, 0.29) is 11.8 Å². The maximum Gasteiger partial charge on any atom is 0.321 e. The standard InChI is InChI=1S/C24H23ClFN5O/c1-16-5-7-19(18(25)14-16)28-24(32)30-10-3-9-29(12-13-30)23-22-4-2-11-31(22)21-8-6-17(26)15-20(21)27-23/h2,4-8,11,14-15H,3,9-10,12-13H2,1H3,(H,28,32). The molecule has 1 N–H and O–H groups in total. The van der Waals surface area contributed by atoms with Crippen LogP contribution >= 0.6 is 11.6 Å². The number of fused-ring (bicyclic) bond motifs is 3. The summed E-state index contributed by atoms with van der Waals surface area (Å²) in [7, 11) is 0. The number of amides is 2. The highest BCUT2D eigenvalue weighted by molar-refractivity contribution is 6.33. The number of rotatable bonds is 2. The molecule has 164 valence electrons. The summed E-state index contributed by atoms with van der Waals surface area (Å²) < 4.78 is 15.9. The van der Waals surface area contributed by atoms with E-state index in [1.807, 2.05) is 47.9 Å². The smallest absolute Gasteiger partial charge is 0.321 e. The van der Waals surface area contributed by atoms with Gasteiger partial charge in [-0.15, -0.1) is 0 Å². The first-order valence-corrected chi connectivity index (χ1v) is 11.0. The highest BCUT2D eigenvalue weighted by Crippen LogP contribution is 2.27. The van der Waals surface area contributed by atoms with Gasteiger partial charge in [-0.05, 0) is 55.3 Å². The Balaban J connectivity index is 1.37. The van der Waals surface area contributed by atoms with Gasteiger partial charge in [-0.3, -0.25) is 0 Å². The molecule has 0 unspecified atom stereocenters. The Kier molecular flexibility index (Phi) is 5.35. The zero-order chi connectivity index (χ0) is 22.2. The van der Waals surface area contributed by atoms with Gasteiger partial charge in [0.15, 0.2) is 5.82 Å². The monoisotopic (exact) mass is 451 g/mol. The third-order valence-corrected chi connectivity index (χ3v) is 6.16. The van der Waals surface area contributed by atoms with Gasteiger partial charge in [0.1, 0.15) is 5.82 Å². The summed E-state index contributed by atoms with van der Waals surface area (Å²) in [6, 6.07) is 14.0. The molecule has 8 heteroatoms. The first kappa shape index (κ1) is 20.6. The zero-order valence-electron chi connectivity index (χ0n) is 17.7. The fourth-order valence-corrected chi connectivity index (χ4v) is 4.50. The molecule has 2 amide bonds. The number of aromatic nitrogens is 2. The van der Waals surface area contributed by atoms with Gasteiger partial charge in [0.05, 0.1) is 27.3 Å². The van der Waals surface area contributed by atoms with Crippen LogP contribution in [0, 0.1) is 12.7 Å². The molecule has 0 aliphatic carbocycles. The van der Waals surface area contributed by atoms with Gasteiger partial charge < -0.3 is 19.5 Å². The highest BCUT2D eigenvalue weighted by atomic mass is 35.5. The fourth-order valence-electron chi connectivity index (χ4n) is 4.22. The molecule has 5 rings (SSSR count). The molecule has 1 aliphatic heterocycles. The summed E-state index contributed by atoms with van der Waals surface area (Å²) >= 11 is 6.27. The Morgan fingerprint density at radius 3 is 2.78 bits per heavy atom. The van der Waals surface area contributed by atoms with E-state index in [1.165, 1.54) is 12.1 Å². The van der Waals surface area contributed by atoms with Crippen LogP contribution in [0.5, 0.6) is 0 Å². The molecule has 4 aromatic rings. The van der Waals surface area contributed by atoms with E-state index < -0.39 is 0 Å². The van der Waals surface area contributed by atoms with Gasteiger partial charge >= 0.3 is 6.03 Å². The summed E-state index contributed by atoms with van der Waals surface area (Å²) in [5.74, 6) is 0.493. The van der Waals surface area contributed by atoms with Crippen LogP contribution in [0.1, 0.15) is 12.0 Å². The molecule has 32 heavy (non-hydrogen) atoms.